The van der Waals surface area contributed by atoms with E-state index in [0.29, 0.717) is 30.0 Å². The van der Waals surface area contributed by atoms with Gasteiger partial charge in [0.25, 0.3) is 0 Å². The Balaban J connectivity index is 1.21. The highest BCUT2D eigenvalue weighted by Crippen LogP contribution is 2.48. The van der Waals surface area contributed by atoms with Gasteiger partial charge >= 0.3 is 0 Å². The van der Waals surface area contributed by atoms with E-state index < -0.39 is 6.04 Å². The predicted molar refractivity (Wildman–Crippen MR) is 104 cm³/mol. The third kappa shape index (κ3) is 3.19. The van der Waals surface area contributed by atoms with Crippen LogP contribution >= 0.6 is 0 Å². The number of carbonyl (C=O) groups is 1. The van der Waals surface area contributed by atoms with Gasteiger partial charge < -0.3 is 10.6 Å². The Morgan fingerprint density at radius 3 is 2.41 bits per heavy atom. The first-order valence-corrected chi connectivity index (χ1v) is 11.4. The number of nitriles is 1. The number of rotatable bonds is 4. The van der Waals surface area contributed by atoms with Gasteiger partial charge in [0, 0.05) is 24.7 Å². The van der Waals surface area contributed by atoms with Crippen LogP contribution in [0.5, 0.6) is 0 Å². The topological polar surface area (TPSA) is 73.4 Å². The Labute approximate surface area is 163 Å². The summed E-state index contributed by atoms with van der Waals surface area (Å²) in [5, 5.41) is 9.41. The van der Waals surface area contributed by atoms with Crippen molar-refractivity contribution in [3.63, 3.8) is 0 Å². The van der Waals surface area contributed by atoms with Gasteiger partial charge in [0.15, 0.2) is 0 Å². The molecule has 5 rings (SSSR count). The molecule has 2 saturated carbocycles. The number of hydrogen-bond donors (Lipinski definition) is 1. The Morgan fingerprint density at radius 1 is 1.04 bits per heavy atom. The Kier molecular flexibility index (Phi) is 4.68. The summed E-state index contributed by atoms with van der Waals surface area (Å²) in [6.45, 7) is 1.28. The van der Waals surface area contributed by atoms with Crippen molar-refractivity contribution < 1.29 is 4.79 Å². The zero-order valence-electron chi connectivity index (χ0n) is 16.4. The van der Waals surface area contributed by atoms with Crippen molar-refractivity contribution in [1.82, 2.24) is 9.80 Å². The van der Waals surface area contributed by atoms with E-state index in [1.807, 2.05) is 4.90 Å². The van der Waals surface area contributed by atoms with Gasteiger partial charge in [-0.25, -0.2) is 0 Å². The van der Waals surface area contributed by atoms with Crippen LogP contribution in [-0.4, -0.2) is 52.5 Å². The molecule has 2 aliphatic carbocycles. The molecular formula is C22H34N4O. The second-order valence-corrected chi connectivity index (χ2v) is 10.0. The van der Waals surface area contributed by atoms with Gasteiger partial charge in [-0.2, -0.15) is 5.26 Å². The zero-order chi connectivity index (χ0) is 18.5. The largest absolute Gasteiger partial charge is 0.322 e. The van der Waals surface area contributed by atoms with Crippen molar-refractivity contribution in [3.05, 3.63) is 0 Å². The summed E-state index contributed by atoms with van der Waals surface area (Å²) in [5.74, 6) is 1.83. The molecular weight excluding hydrogens is 336 g/mol. The number of carbonyl (C=O) groups excluding carboxylic acids is 1. The molecule has 5 fully saturated rings. The molecule has 2 N–H and O–H groups in total. The third-order valence-electron chi connectivity index (χ3n) is 8.42. The van der Waals surface area contributed by atoms with E-state index in [4.69, 9.17) is 5.73 Å². The number of likely N-dealkylation sites (tertiary alicyclic amines) is 1. The van der Waals surface area contributed by atoms with Crippen molar-refractivity contribution in [1.29, 1.82) is 5.26 Å². The summed E-state index contributed by atoms with van der Waals surface area (Å²) in [4.78, 5) is 17.8. The number of amides is 1. The van der Waals surface area contributed by atoms with E-state index in [2.05, 4.69) is 11.0 Å². The highest BCUT2D eigenvalue weighted by Gasteiger charge is 2.55. The van der Waals surface area contributed by atoms with E-state index in [1.54, 1.807) is 0 Å². The summed E-state index contributed by atoms with van der Waals surface area (Å²) < 4.78 is 0. The summed E-state index contributed by atoms with van der Waals surface area (Å²) in [6.07, 6.45) is 13.7. The molecule has 2 bridgehead atoms. The second-order valence-electron chi connectivity index (χ2n) is 10.0. The minimum atomic E-state index is -0.403. The Hall–Kier alpha value is -1.12. The summed E-state index contributed by atoms with van der Waals surface area (Å²) in [5.41, 5.74) is 6.53. The van der Waals surface area contributed by atoms with Crippen molar-refractivity contribution in [2.75, 3.05) is 6.54 Å². The maximum Gasteiger partial charge on any atom is 0.241 e. The normalized spacial score (nSPS) is 42.6. The lowest BCUT2D eigenvalue weighted by molar-refractivity contribution is -0.135. The van der Waals surface area contributed by atoms with Gasteiger partial charge in [-0.1, -0.05) is 19.3 Å². The van der Waals surface area contributed by atoms with Crippen molar-refractivity contribution in [2.24, 2.45) is 23.5 Å². The lowest BCUT2D eigenvalue weighted by Gasteiger charge is -2.43. The first-order chi connectivity index (χ1) is 13.2. The first kappa shape index (κ1) is 17.9. The molecule has 0 aromatic heterocycles. The number of nitrogens with zero attached hydrogens (tertiary/aromatic N) is 3. The number of hydrogen-bond acceptors (Lipinski definition) is 4. The van der Waals surface area contributed by atoms with Gasteiger partial charge in [0.05, 0.1) is 12.1 Å². The fourth-order valence-electron chi connectivity index (χ4n) is 6.84. The molecule has 1 amide bonds. The van der Waals surface area contributed by atoms with Gasteiger partial charge in [-0.15, -0.1) is 0 Å². The molecule has 0 spiro atoms. The molecule has 0 aromatic rings. The van der Waals surface area contributed by atoms with E-state index >= 15 is 0 Å². The number of nitrogens with two attached hydrogens (primary N) is 1. The molecule has 0 radical (unpaired) electrons. The predicted octanol–water partition coefficient (Wildman–Crippen LogP) is 2.65. The summed E-state index contributed by atoms with van der Waals surface area (Å²) in [7, 11) is 0. The monoisotopic (exact) mass is 370 g/mol. The van der Waals surface area contributed by atoms with Gasteiger partial charge in [-0.05, 0) is 69.1 Å². The second kappa shape index (κ2) is 7.04. The van der Waals surface area contributed by atoms with E-state index in [0.717, 1.165) is 31.6 Å². The first-order valence-electron chi connectivity index (χ1n) is 11.4. The summed E-state index contributed by atoms with van der Waals surface area (Å²) in [6, 6.07) is 3.29. The molecule has 148 valence electrons. The summed E-state index contributed by atoms with van der Waals surface area (Å²) >= 11 is 0. The van der Waals surface area contributed by atoms with Gasteiger partial charge in [0.2, 0.25) is 5.91 Å². The lowest BCUT2D eigenvalue weighted by atomic mass is 9.82. The zero-order valence-corrected chi connectivity index (χ0v) is 16.4. The van der Waals surface area contributed by atoms with Crippen LogP contribution in [0.3, 0.4) is 0 Å². The van der Waals surface area contributed by atoms with Crippen LogP contribution in [-0.2, 0) is 4.79 Å². The Bertz CT molecular complexity index is 610. The van der Waals surface area contributed by atoms with Crippen molar-refractivity contribution >= 4 is 5.91 Å². The number of fused-ring (bicyclic) bond motifs is 3. The fraction of sp³-hybridized carbons (Fsp3) is 0.909. The lowest BCUT2D eigenvalue weighted by Crippen LogP contribution is -2.55. The fourth-order valence-corrected chi connectivity index (χ4v) is 6.84. The molecule has 5 nitrogen and oxygen atoms in total. The SMILES string of the molecule is N#CC1CC2CC2N1C(=O)C(N)C1CC2CCC(C1)N2CC1CCCCC1. The highest BCUT2D eigenvalue weighted by atomic mass is 16.2. The van der Waals surface area contributed by atoms with Gasteiger partial charge in [0.1, 0.15) is 6.04 Å². The van der Waals surface area contributed by atoms with Crippen LogP contribution in [0.15, 0.2) is 0 Å². The van der Waals surface area contributed by atoms with E-state index in [-0.39, 0.29) is 11.9 Å². The quantitative estimate of drug-likeness (QED) is 0.826. The van der Waals surface area contributed by atoms with Crippen LogP contribution in [0.25, 0.3) is 0 Å². The van der Waals surface area contributed by atoms with Crippen LogP contribution < -0.4 is 5.73 Å². The molecule has 5 aliphatic rings. The Morgan fingerprint density at radius 2 is 1.74 bits per heavy atom. The molecule has 0 aromatic carbocycles. The molecule has 5 heteroatoms. The third-order valence-corrected chi connectivity index (χ3v) is 8.42. The van der Waals surface area contributed by atoms with E-state index in [1.165, 1.54) is 51.5 Å². The van der Waals surface area contributed by atoms with Crippen molar-refractivity contribution in [3.8, 4) is 6.07 Å². The minimum Gasteiger partial charge on any atom is -0.322 e. The van der Waals surface area contributed by atoms with Crippen LogP contribution in [0.4, 0.5) is 0 Å². The average molecular weight is 371 g/mol. The maximum absolute atomic E-state index is 13.1. The smallest absolute Gasteiger partial charge is 0.241 e. The molecule has 6 atom stereocenters. The molecule has 6 unspecified atom stereocenters. The highest BCUT2D eigenvalue weighted by molar-refractivity contribution is 5.84. The molecule has 27 heavy (non-hydrogen) atoms. The van der Waals surface area contributed by atoms with Crippen LogP contribution in [0.2, 0.25) is 0 Å². The molecule has 3 aliphatic heterocycles. The van der Waals surface area contributed by atoms with E-state index in [9.17, 15) is 10.1 Å². The average Bonchev–Trinajstić information content (AvgIpc) is 3.31. The van der Waals surface area contributed by atoms with Crippen LogP contribution in [0.1, 0.15) is 70.6 Å². The van der Waals surface area contributed by atoms with Gasteiger partial charge in [-0.3, -0.25) is 9.69 Å². The van der Waals surface area contributed by atoms with Crippen LogP contribution in [0, 0.1) is 29.1 Å². The van der Waals surface area contributed by atoms with Crippen molar-refractivity contribution in [2.45, 2.75) is 101 Å². The molecule has 3 saturated heterocycles. The standard InChI is InChI=1S/C22H34N4O/c23-12-19-8-15-11-20(15)26(19)22(27)21(24)16-9-17-6-7-18(10-16)25(17)13-14-4-2-1-3-5-14/h14-21H,1-11,13,24H2. The number of piperidine rings is 2. The molecule has 3 heterocycles. The maximum atomic E-state index is 13.1. The minimum absolute atomic E-state index is 0.0664.